The fourth-order valence-corrected chi connectivity index (χ4v) is 2.83. The van der Waals surface area contributed by atoms with E-state index >= 15 is 0 Å². The second-order valence-electron chi connectivity index (χ2n) is 3.40. The number of rotatable bonds is 4. The zero-order valence-corrected chi connectivity index (χ0v) is 10.3. The van der Waals surface area contributed by atoms with Crippen LogP contribution >= 0.6 is 23.4 Å². The Hall–Kier alpha value is -0.350. The summed E-state index contributed by atoms with van der Waals surface area (Å²) in [6, 6.07) is 5.62. The standard InChI is InChI=1S/C11H12ClF3S/c1-8(6-7-12)16-10-5-3-2-4-9(10)11(13,14)15/h2-5,8H,6-7H2,1H3. The molecule has 16 heavy (non-hydrogen) atoms. The van der Waals surface area contributed by atoms with Crippen molar-refractivity contribution >= 4 is 23.4 Å². The van der Waals surface area contributed by atoms with Crippen molar-refractivity contribution in [3.63, 3.8) is 0 Å². The van der Waals surface area contributed by atoms with Crippen LogP contribution in [0.15, 0.2) is 29.2 Å². The van der Waals surface area contributed by atoms with E-state index in [-0.39, 0.29) is 10.1 Å². The first kappa shape index (κ1) is 13.7. The van der Waals surface area contributed by atoms with E-state index < -0.39 is 11.7 Å². The normalized spacial score (nSPS) is 13.8. The molecule has 0 amide bonds. The fraction of sp³-hybridized carbons (Fsp3) is 0.455. The third-order valence-electron chi connectivity index (χ3n) is 2.04. The summed E-state index contributed by atoms with van der Waals surface area (Å²) in [6.45, 7) is 1.88. The second-order valence-corrected chi connectivity index (χ2v) is 5.26. The molecule has 0 aliphatic carbocycles. The van der Waals surface area contributed by atoms with E-state index in [9.17, 15) is 13.2 Å². The van der Waals surface area contributed by atoms with E-state index in [1.807, 2.05) is 6.92 Å². The Morgan fingerprint density at radius 3 is 2.50 bits per heavy atom. The highest BCUT2D eigenvalue weighted by Crippen LogP contribution is 2.38. The molecule has 1 atom stereocenters. The largest absolute Gasteiger partial charge is 0.417 e. The van der Waals surface area contributed by atoms with E-state index in [4.69, 9.17) is 11.6 Å². The summed E-state index contributed by atoms with van der Waals surface area (Å²) >= 11 is 6.77. The third kappa shape index (κ3) is 3.91. The molecule has 0 aromatic heterocycles. The first-order valence-electron chi connectivity index (χ1n) is 4.84. The molecule has 0 bridgehead atoms. The molecule has 1 unspecified atom stereocenters. The molecule has 1 aromatic rings. The molecule has 0 spiro atoms. The molecule has 0 N–H and O–H groups in total. The molecule has 0 saturated carbocycles. The van der Waals surface area contributed by atoms with Gasteiger partial charge in [-0.05, 0) is 18.6 Å². The van der Waals surface area contributed by atoms with Gasteiger partial charge in [-0.1, -0.05) is 19.1 Å². The Morgan fingerprint density at radius 2 is 1.94 bits per heavy atom. The van der Waals surface area contributed by atoms with Crippen molar-refractivity contribution in [2.45, 2.75) is 29.7 Å². The van der Waals surface area contributed by atoms with Crippen LogP contribution in [-0.4, -0.2) is 11.1 Å². The molecule has 0 saturated heterocycles. The quantitative estimate of drug-likeness (QED) is 0.557. The molecular formula is C11H12ClF3S. The maximum absolute atomic E-state index is 12.6. The van der Waals surface area contributed by atoms with Crippen LogP contribution in [0.4, 0.5) is 13.2 Å². The summed E-state index contributed by atoms with van der Waals surface area (Å²) in [5.41, 5.74) is -0.568. The van der Waals surface area contributed by atoms with Gasteiger partial charge in [0.15, 0.2) is 0 Å². The average molecular weight is 269 g/mol. The molecule has 0 heterocycles. The highest BCUT2D eigenvalue weighted by atomic mass is 35.5. The molecule has 0 radical (unpaired) electrons. The molecule has 0 aliphatic rings. The van der Waals surface area contributed by atoms with Crippen LogP contribution in [0.2, 0.25) is 0 Å². The minimum absolute atomic E-state index is 0.0843. The van der Waals surface area contributed by atoms with Gasteiger partial charge in [0.05, 0.1) is 5.56 Å². The Morgan fingerprint density at radius 1 is 1.31 bits per heavy atom. The molecule has 1 aromatic carbocycles. The van der Waals surface area contributed by atoms with Gasteiger partial charge in [0, 0.05) is 16.0 Å². The van der Waals surface area contributed by atoms with E-state index in [2.05, 4.69) is 0 Å². The zero-order valence-electron chi connectivity index (χ0n) is 8.72. The van der Waals surface area contributed by atoms with Crippen LogP contribution < -0.4 is 0 Å². The smallest absolute Gasteiger partial charge is 0.166 e. The SMILES string of the molecule is CC(CCCl)Sc1ccccc1C(F)(F)F. The highest BCUT2D eigenvalue weighted by molar-refractivity contribution is 8.00. The van der Waals surface area contributed by atoms with Crippen LogP contribution in [0.3, 0.4) is 0 Å². The molecule has 0 aliphatic heterocycles. The predicted octanol–water partition coefficient (Wildman–Crippen LogP) is 4.81. The van der Waals surface area contributed by atoms with Crippen LogP contribution in [0.1, 0.15) is 18.9 Å². The van der Waals surface area contributed by atoms with Crippen molar-refractivity contribution in [1.29, 1.82) is 0 Å². The first-order chi connectivity index (χ1) is 7.45. The van der Waals surface area contributed by atoms with Crippen LogP contribution in [0.25, 0.3) is 0 Å². The Balaban J connectivity index is 2.87. The predicted molar refractivity (Wildman–Crippen MR) is 62.1 cm³/mol. The van der Waals surface area contributed by atoms with Gasteiger partial charge in [0.25, 0.3) is 0 Å². The van der Waals surface area contributed by atoms with Gasteiger partial charge in [-0.3, -0.25) is 0 Å². The molecule has 90 valence electrons. The Kier molecular flexibility index (Phi) is 4.99. The topological polar surface area (TPSA) is 0 Å². The summed E-state index contributed by atoms with van der Waals surface area (Å²) in [5.74, 6) is 0.461. The second kappa shape index (κ2) is 5.82. The lowest BCUT2D eigenvalue weighted by molar-refractivity contribution is -0.139. The lowest BCUT2D eigenvalue weighted by atomic mass is 10.2. The van der Waals surface area contributed by atoms with Crippen molar-refractivity contribution in [3.8, 4) is 0 Å². The average Bonchev–Trinajstić information content (AvgIpc) is 2.17. The van der Waals surface area contributed by atoms with E-state index in [0.29, 0.717) is 12.3 Å². The summed E-state index contributed by atoms with van der Waals surface area (Å²) in [5, 5.41) is 0.0843. The summed E-state index contributed by atoms with van der Waals surface area (Å²) in [6.07, 6.45) is -3.59. The Bertz CT molecular complexity index is 338. The molecular weight excluding hydrogens is 257 g/mol. The lowest BCUT2D eigenvalue weighted by Crippen LogP contribution is -2.08. The number of hydrogen-bond donors (Lipinski definition) is 0. The molecule has 5 heteroatoms. The van der Waals surface area contributed by atoms with Crippen LogP contribution in [0.5, 0.6) is 0 Å². The Labute approximate surface area is 102 Å². The molecule has 0 nitrogen and oxygen atoms in total. The molecule has 0 fully saturated rings. The number of hydrogen-bond acceptors (Lipinski definition) is 1. The highest BCUT2D eigenvalue weighted by Gasteiger charge is 2.33. The summed E-state index contributed by atoms with van der Waals surface area (Å²) in [7, 11) is 0. The van der Waals surface area contributed by atoms with Gasteiger partial charge in [-0.25, -0.2) is 0 Å². The van der Waals surface area contributed by atoms with Crippen molar-refractivity contribution in [1.82, 2.24) is 0 Å². The van der Waals surface area contributed by atoms with Crippen molar-refractivity contribution in [2.24, 2.45) is 0 Å². The summed E-state index contributed by atoms with van der Waals surface area (Å²) in [4.78, 5) is 0.271. The molecule has 1 rings (SSSR count). The van der Waals surface area contributed by atoms with Crippen molar-refractivity contribution in [3.05, 3.63) is 29.8 Å². The van der Waals surface area contributed by atoms with E-state index in [0.717, 1.165) is 6.07 Å². The number of benzene rings is 1. The minimum Gasteiger partial charge on any atom is -0.166 e. The monoisotopic (exact) mass is 268 g/mol. The van der Waals surface area contributed by atoms with Crippen LogP contribution in [-0.2, 0) is 6.18 Å². The first-order valence-corrected chi connectivity index (χ1v) is 6.25. The zero-order chi connectivity index (χ0) is 12.2. The van der Waals surface area contributed by atoms with E-state index in [1.165, 1.54) is 23.9 Å². The number of halogens is 4. The lowest BCUT2D eigenvalue weighted by Gasteiger charge is -2.15. The van der Waals surface area contributed by atoms with Gasteiger partial charge < -0.3 is 0 Å². The van der Waals surface area contributed by atoms with E-state index in [1.54, 1.807) is 6.07 Å². The van der Waals surface area contributed by atoms with Crippen molar-refractivity contribution < 1.29 is 13.2 Å². The third-order valence-corrected chi connectivity index (χ3v) is 3.50. The number of alkyl halides is 4. The fourth-order valence-electron chi connectivity index (χ4n) is 1.23. The minimum atomic E-state index is -4.29. The maximum Gasteiger partial charge on any atom is 0.417 e. The van der Waals surface area contributed by atoms with Gasteiger partial charge in [0.2, 0.25) is 0 Å². The number of thioether (sulfide) groups is 1. The summed E-state index contributed by atoms with van der Waals surface area (Å²) < 4.78 is 37.9. The van der Waals surface area contributed by atoms with Gasteiger partial charge in [0.1, 0.15) is 0 Å². The van der Waals surface area contributed by atoms with Gasteiger partial charge in [-0.15, -0.1) is 23.4 Å². The van der Waals surface area contributed by atoms with Crippen LogP contribution in [0, 0.1) is 0 Å². The van der Waals surface area contributed by atoms with Crippen molar-refractivity contribution in [2.75, 3.05) is 5.88 Å². The van der Waals surface area contributed by atoms with Gasteiger partial charge in [-0.2, -0.15) is 13.2 Å². The maximum atomic E-state index is 12.6. The van der Waals surface area contributed by atoms with Gasteiger partial charge >= 0.3 is 6.18 Å².